The van der Waals surface area contributed by atoms with Crippen molar-refractivity contribution in [1.29, 1.82) is 0 Å². The van der Waals surface area contributed by atoms with Gasteiger partial charge >= 0.3 is 0 Å². The van der Waals surface area contributed by atoms with E-state index in [-0.39, 0.29) is 5.54 Å². The van der Waals surface area contributed by atoms with Crippen molar-refractivity contribution in [2.24, 2.45) is 0 Å². The van der Waals surface area contributed by atoms with Crippen molar-refractivity contribution >= 4 is 5.69 Å². The van der Waals surface area contributed by atoms with Gasteiger partial charge in [0, 0.05) is 17.9 Å². The molecule has 0 bridgehead atoms. The molecule has 0 radical (unpaired) electrons. The molecule has 0 spiro atoms. The number of hydrogen-bond acceptors (Lipinski definition) is 4. The van der Waals surface area contributed by atoms with E-state index in [2.05, 4.69) is 48.5 Å². The highest BCUT2D eigenvalue weighted by Gasteiger charge is 2.15. The Labute approximate surface area is 126 Å². The fourth-order valence-corrected chi connectivity index (χ4v) is 1.92. The number of ether oxygens (including phenoxy) is 1. The van der Waals surface area contributed by atoms with Gasteiger partial charge in [0.05, 0.1) is 24.9 Å². The third-order valence-corrected chi connectivity index (χ3v) is 3.17. The zero-order valence-corrected chi connectivity index (χ0v) is 13.3. The summed E-state index contributed by atoms with van der Waals surface area (Å²) in [6, 6.07) is 8.17. The van der Waals surface area contributed by atoms with Crippen molar-refractivity contribution in [3.8, 4) is 0 Å². The number of nitrogens with one attached hydrogen (secondary N) is 1. The molecule has 1 N–H and O–H groups in total. The van der Waals surface area contributed by atoms with E-state index in [0.29, 0.717) is 19.8 Å². The van der Waals surface area contributed by atoms with Crippen molar-refractivity contribution in [3.63, 3.8) is 0 Å². The van der Waals surface area contributed by atoms with Crippen molar-refractivity contribution in [3.05, 3.63) is 41.7 Å². The van der Waals surface area contributed by atoms with Crippen molar-refractivity contribution in [2.45, 2.75) is 46.4 Å². The van der Waals surface area contributed by atoms with Gasteiger partial charge in [0.1, 0.15) is 5.69 Å². The zero-order valence-electron chi connectivity index (χ0n) is 13.3. The number of anilines is 1. The number of rotatable bonds is 6. The molecule has 5 heteroatoms. The van der Waals surface area contributed by atoms with Crippen molar-refractivity contribution in [1.82, 2.24) is 15.0 Å². The monoisotopic (exact) mass is 288 g/mol. The second-order valence-corrected chi connectivity index (χ2v) is 5.97. The molecule has 5 nitrogen and oxygen atoms in total. The predicted molar refractivity (Wildman–Crippen MR) is 84.1 cm³/mol. The van der Waals surface area contributed by atoms with Gasteiger partial charge in [0.25, 0.3) is 0 Å². The standard InChI is InChI=1S/C16H24N4O/c1-5-21-12-13-8-6-7-9-15(13)17-10-14-11-20(19-18-14)16(2,3)4/h6-9,11,17H,5,10,12H2,1-4H3. The maximum atomic E-state index is 5.49. The van der Waals surface area contributed by atoms with Crippen LogP contribution in [0.1, 0.15) is 39.0 Å². The van der Waals surface area contributed by atoms with E-state index >= 15 is 0 Å². The summed E-state index contributed by atoms with van der Waals surface area (Å²) in [5, 5.41) is 11.8. The van der Waals surface area contributed by atoms with Crippen LogP contribution in [-0.4, -0.2) is 21.6 Å². The molecule has 0 saturated carbocycles. The maximum absolute atomic E-state index is 5.49. The normalized spacial score (nSPS) is 11.6. The minimum absolute atomic E-state index is 0.0435. The van der Waals surface area contributed by atoms with Crippen LogP contribution in [0.2, 0.25) is 0 Å². The Morgan fingerprint density at radius 1 is 1.24 bits per heavy atom. The molecule has 1 aromatic heterocycles. The highest BCUT2D eigenvalue weighted by molar-refractivity contribution is 5.50. The summed E-state index contributed by atoms with van der Waals surface area (Å²) in [5.41, 5.74) is 3.12. The summed E-state index contributed by atoms with van der Waals surface area (Å²) in [5.74, 6) is 0. The summed E-state index contributed by atoms with van der Waals surface area (Å²) >= 11 is 0. The number of benzene rings is 1. The smallest absolute Gasteiger partial charge is 0.102 e. The first-order valence-corrected chi connectivity index (χ1v) is 7.32. The second-order valence-electron chi connectivity index (χ2n) is 5.97. The minimum Gasteiger partial charge on any atom is -0.379 e. The average molecular weight is 288 g/mol. The predicted octanol–water partition coefficient (Wildman–Crippen LogP) is 3.18. The molecule has 0 fully saturated rings. The molecule has 0 aliphatic heterocycles. The summed E-state index contributed by atoms with van der Waals surface area (Å²) < 4.78 is 7.37. The fourth-order valence-electron chi connectivity index (χ4n) is 1.92. The van der Waals surface area contributed by atoms with E-state index in [1.54, 1.807) is 0 Å². The van der Waals surface area contributed by atoms with Gasteiger partial charge in [-0.25, -0.2) is 4.68 Å². The number of para-hydroxylation sites is 1. The van der Waals surface area contributed by atoms with E-state index in [4.69, 9.17) is 4.74 Å². The van der Waals surface area contributed by atoms with E-state index in [1.807, 2.05) is 29.9 Å². The molecule has 0 aliphatic carbocycles. The molecule has 2 aromatic rings. The molecule has 21 heavy (non-hydrogen) atoms. The SMILES string of the molecule is CCOCc1ccccc1NCc1cn(C(C)(C)C)nn1. The summed E-state index contributed by atoms with van der Waals surface area (Å²) in [4.78, 5) is 0. The molecule has 0 amide bonds. The number of nitrogens with zero attached hydrogens (tertiary/aromatic N) is 3. The Morgan fingerprint density at radius 3 is 2.67 bits per heavy atom. The van der Waals surface area contributed by atoms with Crippen LogP contribution in [0.4, 0.5) is 5.69 Å². The van der Waals surface area contributed by atoms with Gasteiger partial charge in [-0.05, 0) is 33.8 Å². The van der Waals surface area contributed by atoms with Crippen molar-refractivity contribution < 1.29 is 4.74 Å². The quantitative estimate of drug-likeness (QED) is 0.887. The third-order valence-electron chi connectivity index (χ3n) is 3.17. The Bertz CT molecular complexity index is 572. The Kier molecular flexibility index (Phi) is 4.96. The van der Waals surface area contributed by atoms with E-state index in [0.717, 1.165) is 16.9 Å². The highest BCUT2D eigenvalue weighted by Crippen LogP contribution is 2.17. The molecule has 0 atom stereocenters. The molecule has 114 valence electrons. The van der Waals surface area contributed by atoms with Crippen LogP contribution in [0.3, 0.4) is 0 Å². The lowest BCUT2D eigenvalue weighted by Gasteiger charge is -2.17. The fraction of sp³-hybridized carbons (Fsp3) is 0.500. The summed E-state index contributed by atoms with van der Waals surface area (Å²) in [7, 11) is 0. The van der Waals surface area contributed by atoms with Crippen molar-refractivity contribution in [2.75, 3.05) is 11.9 Å². The summed E-state index contributed by atoms with van der Waals surface area (Å²) in [6.45, 7) is 10.3. The van der Waals surface area contributed by atoms with Gasteiger partial charge in [0.15, 0.2) is 0 Å². The molecule has 0 aliphatic rings. The molecule has 2 rings (SSSR count). The lowest BCUT2D eigenvalue weighted by molar-refractivity contribution is 0.134. The first-order chi connectivity index (χ1) is 10.0. The molecule has 0 unspecified atom stereocenters. The van der Waals surface area contributed by atoms with Gasteiger partial charge < -0.3 is 10.1 Å². The van der Waals surface area contributed by atoms with Gasteiger partial charge in [-0.2, -0.15) is 0 Å². The number of aromatic nitrogens is 3. The summed E-state index contributed by atoms with van der Waals surface area (Å²) in [6.07, 6.45) is 1.98. The highest BCUT2D eigenvalue weighted by atomic mass is 16.5. The lowest BCUT2D eigenvalue weighted by Crippen LogP contribution is -2.22. The number of hydrogen-bond donors (Lipinski definition) is 1. The average Bonchev–Trinajstić information content (AvgIpc) is 2.92. The topological polar surface area (TPSA) is 52.0 Å². The molecule has 1 heterocycles. The minimum atomic E-state index is -0.0435. The third kappa shape index (κ3) is 4.29. The first-order valence-electron chi connectivity index (χ1n) is 7.32. The van der Waals surface area contributed by atoms with Crippen LogP contribution in [-0.2, 0) is 23.4 Å². The maximum Gasteiger partial charge on any atom is 0.102 e. The van der Waals surface area contributed by atoms with Gasteiger partial charge in [-0.15, -0.1) is 5.10 Å². The van der Waals surface area contributed by atoms with Crippen LogP contribution in [0.25, 0.3) is 0 Å². The van der Waals surface area contributed by atoms with Gasteiger partial charge in [0.2, 0.25) is 0 Å². The van der Waals surface area contributed by atoms with Gasteiger partial charge in [-0.1, -0.05) is 23.4 Å². The molecule has 1 aromatic carbocycles. The van der Waals surface area contributed by atoms with Crippen LogP contribution < -0.4 is 5.32 Å². The molecular formula is C16H24N4O. The second kappa shape index (κ2) is 6.72. The van der Waals surface area contributed by atoms with Gasteiger partial charge in [-0.3, -0.25) is 0 Å². The Hall–Kier alpha value is -1.88. The Balaban J connectivity index is 2.01. The zero-order chi connectivity index (χ0) is 15.3. The van der Waals surface area contributed by atoms with Crippen LogP contribution >= 0.6 is 0 Å². The molecular weight excluding hydrogens is 264 g/mol. The van der Waals surface area contributed by atoms with E-state index in [9.17, 15) is 0 Å². The van der Waals surface area contributed by atoms with Crippen LogP contribution in [0.15, 0.2) is 30.5 Å². The first kappa shape index (κ1) is 15.5. The Morgan fingerprint density at radius 2 is 2.00 bits per heavy atom. The van der Waals surface area contributed by atoms with E-state index in [1.165, 1.54) is 0 Å². The van der Waals surface area contributed by atoms with Crippen LogP contribution in [0.5, 0.6) is 0 Å². The molecule has 0 saturated heterocycles. The lowest BCUT2D eigenvalue weighted by atomic mass is 10.1. The van der Waals surface area contributed by atoms with E-state index < -0.39 is 0 Å². The van der Waals surface area contributed by atoms with Crippen LogP contribution in [0, 0.1) is 0 Å². The largest absolute Gasteiger partial charge is 0.379 e.